The predicted molar refractivity (Wildman–Crippen MR) is 123 cm³/mol. The number of carboxylic acid groups (broad SMARTS) is 1. The highest BCUT2D eigenvalue weighted by Crippen LogP contribution is 2.33. The number of hydrogen-bond acceptors (Lipinski definition) is 9. The van der Waals surface area contributed by atoms with Gasteiger partial charge in [0, 0.05) is 0 Å². The normalized spacial score (nSPS) is 26.1. The van der Waals surface area contributed by atoms with E-state index in [2.05, 4.69) is 13.8 Å². The lowest BCUT2D eigenvalue weighted by atomic mass is 9.85. The SMILES string of the molecule is COc1ccc(C[C@@H](C)[C@@H](C)Cc2ccc(O)c(O[C@H]3O[C@@H](C(=O)O)[C@H](O)[C@@H](O)[C@@H]3O)c2)cc1O. The molecule has 2 aromatic rings. The molecule has 0 saturated carbocycles. The maximum atomic E-state index is 11.3. The topological polar surface area (TPSA) is 166 Å². The summed E-state index contributed by atoms with van der Waals surface area (Å²) in [6, 6.07) is 10.00. The van der Waals surface area contributed by atoms with Crippen molar-refractivity contribution in [2.75, 3.05) is 7.11 Å². The molecule has 3 rings (SSSR count). The number of ether oxygens (including phenoxy) is 3. The highest BCUT2D eigenvalue weighted by Gasteiger charge is 2.48. The van der Waals surface area contributed by atoms with Crippen LogP contribution in [-0.2, 0) is 22.4 Å². The van der Waals surface area contributed by atoms with Gasteiger partial charge in [-0.15, -0.1) is 0 Å². The van der Waals surface area contributed by atoms with Crippen molar-refractivity contribution in [2.45, 2.75) is 57.4 Å². The fraction of sp³-hybridized carbons (Fsp3) is 0.480. The van der Waals surface area contributed by atoms with E-state index in [9.17, 15) is 35.4 Å². The van der Waals surface area contributed by atoms with Crippen LogP contribution in [0.5, 0.6) is 23.0 Å². The van der Waals surface area contributed by atoms with E-state index in [0.717, 1.165) is 17.5 Å². The molecule has 0 unspecified atom stereocenters. The van der Waals surface area contributed by atoms with Crippen molar-refractivity contribution in [3.8, 4) is 23.0 Å². The summed E-state index contributed by atoms with van der Waals surface area (Å²) in [4.78, 5) is 11.3. The summed E-state index contributed by atoms with van der Waals surface area (Å²) < 4.78 is 15.7. The number of phenolic OH excluding ortho intramolecular Hbond substituents is 2. The molecule has 10 nitrogen and oxygen atoms in total. The molecule has 0 amide bonds. The maximum Gasteiger partial charge on any atom is 0.335 e. The first-order valence-corrected chi connectivity index (χ1v) is 11.3. The summed E-state index contributed by atoms with van der Waals surface area (Å²) in [7, 11) is 1.49. The number of hydrogen-bond donors (Lipinski definition) is 6. The monoisotopic (exact) mass is 492 g/mol. The van der Waals surface area contributed by atoms with Crippen molar-refractivity contribution in [3.63, 3.8) is 0 Å². The minimum atomic E-state index is -1.84. The second kappa shape index (κ2) is 11.1. The standard InChI is InChI=1S/C25H32O10/c1-12(8-14-5-7-18(33-3)17(27)10-14)13(2)9-15-4-6-16(26)19(11-15)34-25-22(30)20(28)21(29)23(35-25)24(31)32/h4-7,10-13,20-23,25-30H,8-9H2,1-3H3,(H,31,32)/t12-,13+,20-,21-,22+,23-,25+/m1/s1. The van der Waals surface area contributed by atoms with Gasteiger partial charge in [0.25, 0.3) is 0 Å². The van der Waals surface area contributed by atoms with Crippen LogP contribution in [0.15, 0.2) is 36.4 Å². The van der Waals surface area contributed by atoms with Gasteiger partial charge in [-0.2, -0.15) is 0 Å². The minimum absolute atomic E-state index is 0.0563. The number of rotatable bonds is 9. The molecule has 0 bridgehead atoms. The van der Waals surface area contributed by atoms with E-state index in [1.54, 1.807) is 24.3 Å². The molecule has 10 heteroatoms. The lowest BCUT2D eigenvalue weighted by Gasteiger charge is -2.38. The molecule has 6 N–H and O–H groups in total. The summed E-state index contributed by atoms with van der Waals surface area (Å²) in [6.45, 7) is 4.17. The van der Waals surface area contributed by atoms with Crippen molar-refractivity contribution in [3.05, 3.63) is 47.5 Å². The zero-order valence-electron chi connectivity index (χ0n) is 19.7. The van der Waals surface area contributed by atoms with Crippen molar-refractivity contribution in [2.24, 2.45) is 11.8 Å². The third kappa shape index (κ3) is 6.15. The van der Waals surface area contributed by atoms with E-state index in [0.29, 0.717) is 12.2 Å². The van der Waals surface area contributed by atoms with Crippen molar-refractivity contribution < 1.29 is 49.6 Å². The van der Waals surface area contributed by atoms with Crippen LogP contribution in [0.1, 0.15) is 25.0 Å². The van der Waals surface area contributed by atoms with Gasteiger partial charge in [0.1, 0.15) is 18.3 Å². The van der Waals surface area contributed by atoms with E-state index in [1.165, 1.54) is 13.2 Å². The summed E-state index contributed by atoms with van der Waals surface area (Å²) in [5.74, 6) is -0.914. The molecule has 2 aromatic carbocycles. The van der Waals surface area contributed by atoms with E-state index < -0.39 is 36.7 Å². The van der Waals surface area contributed by atoms with Gasteiger partial charge in [0.15, 0.2) is 29.1 Å². The molecular formula is C25H32O10. The van der Waals surface area contributed by atoms with Gasteiger partial charge in [0.05, 0.1) is 7.11 Å². The van der Waals surface area contributed by atoms with Gasteiger partial charge in [0.2, 0.25) is 6.29 Å². The zero-order valence-corrected chi connectivity index (χ0v) is 19.7. The van der Waals surface area contributed by atoms with Crippen LogP contribution in [0.25, 0.3) is 0 Å². The van der Waals surface area contributed by atoms with Gasteiger partial charge >= 0.3 is 5.97 Å². The number of benzene rings is 2. The number of aromatic hydroxyl groups is 2. The lowest BCUT2D eigenvalue weighted by Crippen LogP contribution is -2.61. The number of aliphatic hydroxyl groups is 3. The molecule has 35 heavy (non-hydrogen) atoms. The highest BCUT2D eigenvalue weighted by molar-refractivity contribution is 5.73. The smallest absolute Gasteiger partial charge is 0.335 e. The van der Waals surface area contributed by atoms with Gasteiger partial charge in [-0.3, -0.25) is 0 Å². The predicted octanol–water partition coefficient (Wildman–Crippen LogP) is 1.43. The Balaban J connectivity index is 1.68. The number of methoxy groups -OCH3 is 1. The van der Waals surface area contributed by atoms with Crippen LogP contribution in [0.4, 0.5) is 0 Å². The number of aliphatic carboxylic acids is 1. The molecule has 0 radical (unpaired) electrons. The highest BCUT2D eigenvalue weighted by atomic mass is 16.7. The lowest BCUT2D eigenvalue weighted by molar-refractivity contribution is -0.271. The molecule has 0 aromatic heterocycles. The Labute approximate surface area is 202 Å². The molecule has 0 aliphatic carbocycles. The Hall–Kier alpha value is -3.05. The summed E-state index contributed by atoms with van der Waals surface area (Å²) in [5, 5.41) is 59.4. The number of carbonyl (C=O) groups is 1. The van der Waals surface area contributed by atoms with E-state index in [-0.39, 0.29) is 29.1 Å². The van der Waals surface area contributed by atoms with Crippen LogP contribution in [0.2, 0.25) is 0 Å². The Bertz CT molecular complexity index is 1030. The third-order valence-electron chi connectivity index (χ3n) is 6.41. The van der Waals surface area contributed by atoms with Gasteiger partial charge in [-0.05, 0) is 60.1 Å². The van der Waals surface area contributed by atoms with Gasteiger partial charge in [-0.1, -0.05) is 26.0 Å². The summed E-state index contributed by atoms with van der Waals surface area (Å²) >= 11 is 0. The Morgan fingerprint density at radius 2 is 1.49 bits per heavy atom. The first-order valence-electron chi connectivity index (χ1n) is 11.3. The summed E-state index contributed by atoms with van der Waals surface area (Å²) in [6.07, 6.45) is -7.46. The molecule has 1 saturated heterocycles. The minimum Gasteiger partial charge on any atom is -0.504 e. The van der Waals surface area contributed by atoms with Crippen LogP contribution >= 0.6 is 0 Å². The molecule has 0 spiro atoms. The fourth-order valence-electron chi connectivity index (χ4n) is 4.06. The zero-order chi connectivity index (χ0) is 25.9. The fourth-order valence-corrected chi connectivity index (χ4v) is 4.06. The number of phenols is 2. The van der Waals surface area contributed by atoms with Crippen LogP contribution < -0.4 is 9.47 Å². The van der Waals surface area contributed by atoms with Crippen LogP contribution in [-0.4, -0.2) is 74.4 Å². The molecular weight excluding hydrogens is 460 g/mol. The first kappa shape index (κ1) is 26.6. The molecule has 7 atom stereocenters. The second-order valence-electron chi connectivity index (χ2n) is 9.02. The Kier molecular flexibility index (Phi) is 8.44. The van der Waals surface area contributed by atoms with Crippen LogP contribution in [0.3, 0.4) is 0 Å². The van der Waals surface area contributed by atoms with Crippen LogP contribution in [0, 0.1) is 11.8 Å². The van der Waals surface area contributed by atoms with Crippen molar-refractivity contribution in [1.82, 2.24) is 0 Å². The maximum absolute atomic E-state index is 11.3. The number of aliphatic hydroxyl groups excluding tert-OH is 3. The van der Waals surface area contributed by atoms with Gasteiger partial charge < -0.3 is 44.8 Å². The molecule has 192 valence electrons. The van der Waals surface area contributed by atoms with E-state index in [4.69, 9.17) is 14.2 Å². The molecule has 1 aliphatic rings. The number of carboxylic acids is 1. The Morgan fingerprint density at radius 1 is 0.886 bits per heavy atom. The largest absolute Gasteiger partial charge is 0.504 e. The Morgan fingerprint density at radius 3 is 2.06 bits per heavy atom. The van der Waals surface area contributed by atoms with Gasteiger partial charge in [-0.25, -0.2) is 4.79 Å². The van der Waals surface area contributed by atoms with E-state index in [1.807, 2.05) is 6.07 Å². The summed E-state index contributed by atoms with van der Waals surface area (Å²) in [5.41, 5.74) is 1.78. The quantitative estimate of drug-likeness (QED) is 0.301. The van der Waals surface area contributed by atoms with Crippen molar-refractivity contribution >= 4 is 5.97 Å². The third-order valence-corrected chi connectivity index (χ3v) is 6.41. The first-order chi connectivity index (χ1) is 16.5. The molecule has 1 heterocycles. The average Bonchev–Trinajstić information content (AvgIpc) is 2.81. The average molecular weight is 493 g/mol. The second-order valence-corrected chi connectivity index (χ2v) is 9.02. The van der Waals surface area contributed by atoms with E-state index >= 15 is 0 Å². The molecule has 1 fully saturated rings. The molecule has 1 aliphatic heterocycles. The van der Waals surface area contributed by atoms with Crippen molar-refractivity contribution in [1.29, 1.82) is 0 Å².